The third-order valence-electron chi connectivity index (χ3n) is 6.17. The van der Waals surface area contributed by atoms with Gasteiger partial charge < -0.3 is 11.1 Å². The summed E-state index contributed by atoms with van der Waals surface area (Å²) in [6.45, 7) is 0.240. The van der Waals surface area contributed by atoms with E-state index in [1.165, 1.54) is 11.0 Å². The van der Waals surface area contributed by atoms with Crippen LogP contribution in [0.2, 0.25) is 0 Å². The van der Waals surface area contributed by atoms with Crippen LogP contribution in [0.3, 0.4) is 0 Å². The number of aromatic amines is 1. The number of nitrogens with two attached hydrogens (primary N) is 1. The number of aromatic nitrogens is 2. The smallest absolute Gasteiger partial charge is 0.328 e. The number of nitrogens with zero attached hydrogens (tertiary/aromatic N) is 1. The van der Waals surface area contributed by atoms with Crippen LogP contribution in [-0.2, 0) is 11.3 Å². The Morgan fingerprint density at radius 1 is 1.19 bits per heavy atom. The zero-order valence-corrected chi connectivity index (χ0v) is 15.3. The molecule has 1 aromatic heterocycles. The van der Waals surface area contributed by atoms with Gasteiger partial charge in [0.05, 0.1) is 10.9 Å². The molecule has 2 aliphatic rings. The van der Waals surface area contributed by atoms with Gasteiger partial charge in [0.15, 0.2) is 0 Å². The summed E-state index contributed by atoms with van der Waals surface area (Å²) in [5.41, 5.74) is 5.83. The van der Waals surface area contributed by atoms with Crippen LogP contribution in [0.1, 0.15) is 38.5 Å². The van der Waals surface area contributed by atoms with Crippen LogP contribution in [0.4, 0.5) is 0 Å². The lowest BCUT2D eigenvalue weighted by molar-refractivity contribution is -0.123. The number of amides is 1. The molecule has 2 aromatic rings. The van der Waals surface area contributed by atoms with E-state index in [9.17, 15) is 14.4 Å². The van der Waals surface area contributed by atoms with Crippen LogP contribution in [-0.4, -0.2) is 27.5 Å². The highest BCUT2D eigenvalue weighted by Gasteiger charge is 2.39. The second kappa shape index (κ2) is 7.31. The van der Waals surface area contributed by atoms with E-state index >= 15 is 0 Å². The van der Waals surface area contributed by atoms with Crippen molar-refractivity contribution in [3.63, 3.8) is 0 Å². The van der Waals surface area contributed by atoms with Crippen LogP contribution < -0.4 is 22.3 Å². The Morgan fingerprint density at radius 2 is 1.89 bits per heavy atom. The lowest BCUT2D eigenvalue weighted by atomic mass is 9.67. The molecule has 0 aliphatic heterocycles. The largest absolute Gasteiger partial charge is 0.353 e. The van der Waals surface area contributed by atoms with Crippen molar-refractivity contribution < 1.29 is 4.79 Å². The highest BCUT2D eigenvalue weighted by molar-refractivity contribution is 5.79. The first-order valence-corrected chi connectivity index (χ1v) is 9.79. The van der Waals surface area contributed by atoms with Crippen molar-refractivity contribution >= 4 is 16.8 Å². The van der Waals surface area contributed by atoms with Crippen molar-refractivity contribution in [2.45, 2.75) is 57.2 Å². The van der Waals surface area contributed by atoms with Gasteiger partial charge in [-0.05, 0) is 49.7 Å². The normalized spacial score (nSPS) is 27.4. The van der Waals surface area contributed by atoms with Gasteiger partial charge >= 0.3 is 5.69 Å². The molecule has 144 valence electrons. The number of aryl methyl sites for hydroxylation is 1. The predicted molar refractivity (Wildman–Crippen MR) is 103 cm³/mol. The molecule has 2 bridgehead atoms. The average molecular weight is 370 g/mol. The first-order chi connectivity index (χ1) is 13.0. The standard InChI is InChI=1S/C20H26N4O3/c21-14-10-12-4-3-5-13(11-14)18(12)22-17(25)8-9-24-16-7-2-1-6-15(16)19(26)23-20(24)27/h1-2,6-7,12-14,18H,3-5,8-11,21H2,(H,22,25)(H,23,26,27). The molecular formula is C20H26N4O3. The van der Waals surface area contributed by atoms with Crippen molar-refractivity contribution in [2.24, 2.45) is 17.6 Å². The van der Waals surface area contributed by atoms with Crippen LogP contribution in [0.5, 0.6) is 0 Å². The molecule has 0 radical (unpaired) electrons. The molecule has 1 heterocycles. The molecule has 4 rings (SSSR count). The molecule has 0 saturated heterocycles. The molecule has 2 unspecified atom stereocenters. The summed E-state index contributed by atoms with van der Waals surface area (Å²) in [7, 11) is 0. The minimum atomic E-state index is -0.480. The minimum absolute atomic E-state index is 0.0467. The number of benzene rings is 1. The monoisotopic (exact) mass is 370 g/mol. The van der Waals surface area contributed by atoms with Gasteiger partial charge in [-0.25, -0.2) is 4.79 Å². The van der Waals surface area contributed by atoms with Gasteiger partial charge in [-0.1, -0.05) is 18.6 Å². The SMILES string of the molecule is NC1CC2CCCC(C1)C2NC(=O)CCn1c(=O)[nH]c(=O)c2ccccc21. The first-order valence-electron chi connectivity index (χ1n) is 9.79. The number of carbonyl (C=O) groups is 1. The predicted octanol–water partition coefficient (Wildman–Crippen LogP) is 1.10. The Bertz CT molecular complexity index is 950. The second-order valence-electron chi connectivity index (χ2n) is 7.95. The van der Waals surface area contributed by atoms with E-state index in [1.54, 1.807) is 24.3 Å². The van der Waals surface area contributed by atoms with Gasteiger partial charge in [-0.2, -0.15) is 0 Å². The molecule has 2 aliphatic carbocycles. The van der Waals surface area contributed by atoms with E-state index in [2.05, 4.69) is 10.3 Å². The molecule has 1 aromatic carbocycles. The molecule has 7 nitrogen and oxygen atoms in total. The molecule has 2 fully saturated rings. The molecule has 2 atom stereocenters. The van der Waals surface area contributed by atoms with Crippen molar-refractivity contribution in [3.05, 3.63) is 45.1 Å². The van der Waals surface area contributed by atoms with Crippen molar-refractivity contribution in [1.29, 1.82) is 0 Å². The number of hydrogen-bond acceptors (Lipinski definition) is 4. The maximum atomic E-state index is 12.6. The second-order valence-corrected chi connectivity index (χ2v) is 7.95. The van der Waals surface area contributed by atoms with Gasteiger partial charge in [0.1, 0.15) is 0 Å². The Balaban J connectivity index is 1.47. The summed E-state index contributed by atoms with van der Waals surface area (Å²) in [6, 6.07) is 7.40. The van der Waals surface area contributed by atoms with E-state index < -0.39 is 11.2 Å². The fourth-order valence-electron chi connectivity index (χ4n) is 4.96. The number of H-pyrrole nitrogens is 1. The highest BCUT2D eigenvalue weighted by Crippen LogP contribution is 2.39. The Morgan fingerprint density at radius 3 is 2.63 bits per heavy atom. The van der Waals surface area contributed by atoms with Gasteiger partial charge in [0.25, 0.3) is 5.56 Å². The lowest BCUT2D eigenvalue weighted by Crippen LogP contribution is -2.53. The van der Waals surface area contributed by atoms with E-state index in [4.69, 9.17) is 5.73 Å². The van der Waals surface area contributed by atoms with Gasteiger partial charge in [0.2, 0.25) is 5.91 Å². The molecule has 27 heavy (non-hydrogen) atoms. The quantitative estimate of drug-likeness (QED) is 0.748. The van der Waals surface area contributed by atoms with E-state index in [0.717, 1.165) is 25.7 Å². The summed E-state index contributed by atoms with van der Waals surface area (Å²) >= 11 is 0. The van der Waals surface area contributed by atoms with Crippen LogP contribution >= 0.6 is 0 Å². The molecule has 0 spiro atoms. The summed E-state index contributed by atoms with van der Waals surface area (Å²) in [5.74, 6) is 0.885. The van der Waals surface area contributed by atoms with Gasteiger partial charge in [-0.15, -0.1) is 0 Å². The maximum Gasteiger partial charge on any atom is 0.328 e. The molecule has 2 saturated carbocycles. The highest BCUT2D eigenvalue weighted by atomic mass is 16.2. The van der Waals surface area contributed by atoms with E-state index in [1.807, 2.05) is 0 Å². The summed E-state index contributed by atoms with van der Waals surface area (Å²) in [6.07, 6.45) is 5.63. The van der Waals surface area contributed by atoms with Crippen molar-refractivity contribution in [1.82, 2.24) is 14.9 Å². The fraction of sp³-hybridized carbons (Fsp3) is 0.550. The topological polar surface area (TPSA) is 110 Å². The zero-order chi connectivity index (χ0) is 19.0. The molecule has 1 amide bonds. The maximum absolute atomic E-state index is 12.6. The van der Waals surface area contributed by atoms with Gasteiger partial charge in [0, 0.05) is 25.0 Å². The van der Waals surface area contributed by atoms with E-state index in [0.29, 0.717) is 22.7 Å². The third kappa shape index (κ3) is 3.56. The van der Waals surface area contributed by atoms with Gasteiger partial charge in [-0.3, -0.25) is 19.1 Å². The molecule has 7 heteroatoms. The van der Waals surface area contributed by atoms with Crippen molar-refractivity contribution in [2.75, 3.05) is 0 Å². The third-order valence-corrected chi connectivity index (χ3v) is 6.17. The zero-order valence-electron chi connectivity index (χ0n) is 15.3. The number of para-hydroxylation sites is 1. The number of fused-ring (bicyclic) bond motifs is 3. The average Bonchev–Trinajstić information content (AvgIpc) is 2.62. The Hall–Kier alpha value is -2.41. The van der Waals surface area contributed by atoms with Crippen LogP contribution in [0.25, 0.3) is 10.9 Å². The Labute approximate surface area is 157 Å². The summed E-state index contributed by atoms with van der Waals surface area (Å²) in [5, 5.41) is 3.66. The molecular weight excluding hydrogens is 344 g/mol. The van der Waals surface area contributed by atoms with E-state index in [-0.39, 0.29) is 31.0 Å². The molecule has 4 N–H and O–H groups in total. The number of rotatable bonds is 4. The summed E-state index contributed by atoms with van der Waals surface area (Å²) in [4.78, 5) is 39.1. The van der Waals surface area contributed by atoms with Crippen LogP contribution in [0.15, 0.2) is 33.9 Å². The summed E-state index contributed by atoms with van der Waals surface area (Å²) < 4.78 is 1.47. The minimum Gasteiger partial charge on any atom is -0.353 e. The Kier molecular flexibility index (Phi) is 4.86. The first kappa shape index (κ1) is 18.0. The number of nitrogens with one attached hydrogen (secondary N) is 2. The van der Waals surface area contributed by atoms with Crippen LogP contribution in [0, 0.1) is 11.8 Å². The number of hydrogen-bond donors (Lipinski definition) is 3. The fourth-order valence-corrected chi connectivity index (χ4v) is 4.96. The number of carbonyl (C=O) groups excluding carboxylic acids is 1. The lowest BCUT2D eigenvalue weighted by Gasteiger charge is -2.45. The van der Waals surface area contributed by atoms with Crippen molar-refractivity contribution in [3.8, 4) is 0 Å².